The summed E-state index contributed by atoms with van der Waals surface area (Å²) in [7, 11) is 2.16. The van der Waals surface area contributed by atoms with Crippen LogP contribution in [0.25, 0.3) is 0 Å². The van der Waals surface area contributed by atoms with Crippen molar-refractivity contribution < 1.29 is 14.7 Å². The van der Waals surface area contributed by atoms with E-state index in [0.717, 1.165) is 43.9 Å². The van der Waals surface area contributed by atoms with Crippen molar-refractivity contribution in [1.82, 2.24) is 14.9 Å². The Hall–Kier alpha value is -3.69. The van der Waals surface area contributed by atoms with Gasteiger partial charge in [-0.05, 0) is 49.0 Å². The number of aromatic nitrogens is 2. The number of benzene rings is 2. The van der Waals surface area contributed by atoms with Crippen LogP contribution in [0.5, 0.6) is 0 Å². The summed E-state index contributed by atoms with van der Waals surface area (Å²) in [4.78, 5) is 30.8. The minimum Gasteiger partial charge on any atom is -0.478 e. The number of nitrogens with one attached hydrogen (secondary N) is 1. The van der Waals surface area contributed by atoms with Crippen LogP contribution in [0.15, 0.2) is 60.9 Å². The van der Waals surface area contributed by atoms with E-state index in [-0.39, 0.29) is 11.6 Å². The number of hydroxylamine groups is 1. The molecular weight excluding hydrogens is 432 g/mol. The van der Waals surface area contributed by atoms with Gasteiger partial charge < -0.3 is 20.2 Å². The summed E-state index contributed by atoms with van der Waals surface area (Å²) in [5.74, 6) is 0.333. The third-order valence-corrected chi connectivity index (χ3v) is 6.31. The molecule has 0 saturated carbocycles. The number of rotatable bonds is 6. The Bertz CT molecular complexity index is 1150. The number of carboxylic acids is 1. The highest BCUT2D eigenvalue weighted by Crippen LogP contribution is 2.35. The van der Waals surface area contributed by atoms with Gasteiger partial charge in [0.2, 0.25) is 0 Å². The standard InChI is InChI=1S/C25H28N6O3/c1-29-10-12-30(13-11-29)21-7-5-20(6-8-21)28-23-16-24(27-17-26-23)31-22(9-14-34-31)18-3-2-4-19(15-18)25(32)33/h2-8,15-17,22H,9-14H2,1H3,(H,32,33)(H,26,27,28)/t22-/m1/s1. The molecule has 9 heteroatoms. The fourth-order valence-electron chi connectivity index (χ4n) is 4.38. The summed E-state index contributed by atoms with van der Waals surface area (Å²) in [6.45, 7) is 4.74. The fraction of sp³-hybridized carbons (Fsp3) is 0.320. The van der Waals surface area contributed by atoms with Crippen LogP contribution in [0.4, 0.5) is 23.0 Å². The minimum atomic E-state index is -0.945. The normalized spacial score (nSPS) is 18.8. The van der Waals surface area contributed by atoms with Crippen molar-refractivity contribution in [2.45, 2.75) is 12.5 Å². The second-order valence-electron chi connectivity index (χ2n) is 8.62. The predicted molar refractivity (Wildman–Crippen MR) is 131 cm³/mol. The van der Waals surface area contributed by atoms with Gasteiger partial charge in [0.1, 0.15) is 12.1 Å². The maximum Gasteiger partial charge on any atom is 0.335 e. The molecule has 0 bridgehead atoms. The quantitative estimate of drug-likeness (QED) is 0.573. The lowest BCUT2D eigenvalue weighted by atomic mass is 10.0. The molecule has 0 unspecified atom stereocenters. The van der Waals surface area contributed by atoms with Gasteiger partial charge in [-0.25, -0.2) is 19.8 Å². The number of aromatic carboxylic acids is 1. The molecular formula is C25H28N6O3. The molecule has 2 saturated heterocycles. The van der Waals surface area contributed by atoms with Crippen molar-refractivity contribution in [3.63, 3.8) is 0 Å². The second-order valence-corrected chi connectivity index (χ2v) is 8.62. The van der Waals surface area contributed by atoms with Crippen molar-refractivity contribution >= 4 is 29.0 Å². The first-order valence-corrected chi connectivity index (χ1v) is 11.4. The molecule has 2 aromatic carbocycles. The summed E-state index contributed by atoms with van der Waals surface area (Å²) in [5.41, 5.74) is 3.30. The first-order valence-electron chi connectivity index (χ1n) is 11.4. The summed E-state index contributed by atoms with van der Waals surface area (Å²) >= 11 is 0. The van der Waals surface area contributed by atoms with E-state index in [0.29, 0.717) is 18.2 Å². The van der Waals surface area contributed by atoms with E-state index >= 15 is 0 Å². The van der Waals surface area contributed by atoms with Gasteiger partial charge >= 0.3 is 5.97 Å². The molecule has 0 amide bonds. The SMILES string of the molecule is CN1CCN(c2ccc(Nc3cc(N4OCC[C@@H]4c4cccc(C(=O)O)c4)ncn3)cc2)CC1. The molecule has 3 aromatic rings. The lowest BCUT2D eigenvalue weighted by Crippen LogP contribution is -2.44. The molecule has 176 valence electrons. The van der Waals surface area contributed by atoms with E-state index in [1.807, 2.05) is 12.1 Å². The molecule has 0 spiro atoms. The minimum absolute atomic E-state index is 0.120. The Morgan fingerprint density at radius 3 is 2.62 bits per heavy atom. The number of hydrogen-bond acceptors (Lipinski definition) is 8. The van der Waals surface area contributed by atoms with Gasteiger partial charge in [-0.1, -0.05) is 12.1 Å². The molecule has 3 heterocycles. The molecule has 1 aromatic heterocycles. The van der Waals surface area contributed by atoms with E-state index in [9.17, 15) is 9.90 Å². The number of anilines is 4. The third-order valence-electron chi connectivity index (χ3n) is 6.31. The molecule has 2 fully saturated rings. The topological polar surface area (TPSA) is 94.1 Å². The molecule has 5 rings (SSSR count). The zero-order valence-electron chi connectivity index (χ0n) is 19.1. The summed E-state index contributed by atoms with van der Waals surface area (Å²) in [6, 6.07) is 17.1. The van der Waals surface area contributed by atoms with E-state index in [1.165, 1.54) is 12.0 Å². The van der Waals surface area contributed by atoms with Crippen molar-refractivity contribution in [3.8, 4) is 0 Å². The van der Waals surface area contributed by atoms with E-state index in [1.54, 1.807) is 23.3 Å². The second kappa shape index (κ2) is 9.66. The molecule has 9 nitrogen and oxygen atoms in total. The third kappa shape index (κ3) is 4.80. The van der Waals surface area contributed by atoms with Gasteiger partial charge in [-0.15, -0.1) is 0 Å². The fourth-order valence-corrected chi connectivity index (χ4v) is 4.38. The number of carbonyl (C=O) groups is 1. The molecule has 34 heavy (non-hydrogen) atoms. The average Bonchev–Trinajstić information content (AvgIpc) is 3.36. The van der Waals surface area contributed by atoms with Gasteiger partial charge in [0.25, 0.3) is 0 Å². The Morgan fingerprint density at radius 2 is 1.85 bits per heavy atom. The van der Waals surface area contributed by atoms with Crippen LogP contribution in [-0.2, 0) is 4.84 Å². The lowest BCUT2D eigenvalue weighted by molar-refractivity contribution is 0.0696. The highest BCUT2D eigenvalue weighted by molar-refractivity contribution is 5.87. The van der Waals surface area contributed by atoms with Gasteiger partial charge in [0, 0.05) is 50.0 Å². The van der Waals surface area contributed by atoms with Crippen molar-refractivity contribution in [3.05, 3.63) is 72.1 Å². The largest absolute Gasteiger partial charge is 0.478 e. The first kappa shape index (κ1) is 22.1. The van der Waals surface area contributed by atoms with E-state index < -0.39 is 5.97 Å². The Balaban J connectivity index is 1.30. The zero-order chi connectivity index (χ0) is 23.5. The number of carboxylic acid groups (broad SMARTS) is 1. The first-order chi connectivity index (χ1) is 16.6. The number of likely N-dealkylation sites (N-methyl/N-ethyl adjacent to an activating group) is 1. The van der Waals surface area contributed by atoms with Crippen molar-refractivity contribution in [1.29, 1.82) is 0 Å². The number of nitrogens with zero attached hydrogens (tertiary/aromatic N) is 5. The monoisotopic (exact) mass is 460 g/mol. The highest BCUT2D eigenvalue weighted by atomic mass is 16.7. The smallest absolute Gasteiger partial charge is 0.335 e. The Labute approximate surface area is 198 Å². The summed E-state index contributed by atoms with van der Waals surface area (Å²) in [5, 5.41) is 14.4. The van der Waals surface area contributed by atoms with Gasteiger partial charge in [-0.3, -0.25) is 4.84 Å². The van der Waals surface area contributed by atoms with Crippen LogP contribution < -0.4 is 15.3 Å². The van der Waals surface area contributed by atoms with Crippen LogP contribution >= 0.6 is 0 Å². The maximum atomic E-state index is 11.4. The zero-order valence-corrected chi connectivity index (χ0v) is 19.1. The summed E-state index contributed by atoms with van der Waals surface area (Å²) < 4.78 is 0. The van der Waals surface area contributed by atoms with Crippen molar-refractivity contribution in [2.75, 3.05) is 55.1 Å². The number of piperazine rings is 1. The van der Waals surface area contributed by atoms with Gasteiger partial charge in [0.05, 0.1) is 18.2 Å². The average molecular weight is 461 g/mol. The predicted octanol–water partition coefficient (Wildman–Crippen LogP) is 3.55. The van der Waals surface area contributed by atoms with Crippen LogP contribution in [0.1, 0.15) is 28.4 Å². The lowest BCUT2D eigenvalue weighted by Gasteiger charge is -2.34. The Morgan fingerprint density at radius 1 is 1.06 bits per heavy atom. The number of hydrogen-bond donors (Lipinski definition) is 2. The molecule has 0 aliphatic carbocycles. The molecule has 2 aliphatic rings. The molecule has 2 aliphatic heterocycles. The van der Waals surface area contributed by atoms with E-state index in [4.69, 9.17) is 4.84 Å². The highest BCUT2D eigenvalue weighted by Gasteiger charge is 2.29. The molecule has 0 radical (unpaired) electrons. The molecule has 2 N–H and O–H groups in total. The maximum absolute atomic E-state index is 11.4. The van der Waals surface area contributed by atoms with Crippen LogP contribution in [0, 0.1) is 0 Å². The van der Waals surface area contributed by atoms with Crippen LogP contribution in [0.3, 0.4) is 0 Å². The molecule has 1 atom stereocenters. The van der Waals surface area contributed by atoms with Crippen molar-refractivity contribution in [2.24, 2.45) is 0 Å². The summed E-state index contributed by atoms with van der Waals surface area (Å²) in [6.07, 6.45) is 2.24. The van der Waals surface area contributed by atoms with Crippen LogP contribution in [0.2, 0.25) is 0 Å². The Kier molecular flexibility index (Phi) is 6.29. The van der Waals surface area contributed by atoms with Crippen LogP contribution in [-0.4, -0.2) is 65.8 Å². The van der Waals surface area contributed by atoms with Gasteiger partial charge in [0.15, 0.2) is 5.82 Å². The van der Waals surface area contributed by atoms with Gasteiger partial charge in [-0.2, -0.15) is 0 Å². The van der Waals surface area contributed by atoms with E-state index in [2.05, 4.69) is 56.4 Å².